The van der Waals surface area contributed by atoms with Gasteiger partial charge in [0.15, 0.2) is 0 Å². The Bertz CT molecular complexity index is 1120. The third kappa shape index (κ3) is 4.18. The van der Waals surface area contributed by atoms with Gasteiger partial charge in [-0.05, 0) is 48.7 Å². The molecule has 4 rings (SSSR count). The standard InChI is InChI=1S/C24H22N2O4S/c1-3-30-18-12-10-17(11-13-18)25-22-21(20-9-6-14-31-20)23(27)26(24(22)28)15-16-7-4-5-8-19(16)29-2/h4-14,25H,3,15H2,1-2H3. The number of thiophene rings is 1. The van der Waals surface area contributed by atoms with Crippen molar-refractivity contribution in [1.29, 1.82) is 0 Å². The van der Waals surface area contributed by atoms with E-state index in [1.54, 1.807) is 7.11 Å². The number of rotatable bonds is 8. The highest BCUT2D eigenvalue weighted by Gasteiger charge is 2.40. The smallest absolute Gasteiger partial charge is 0.278 e. The Hall–Kier alpha value is -3.58. The Morgan fingerprint density at radius 2 is 1.74 bits per heavy atom. The maximum atomic E-state index is 13.3. The summed E-state index contributed by atoms with van der Waals surface area (Å²) < 4.78 is 10.9. The van der Waals surface area contributed by atoms with E-state index in [9.17, 15) is 9.59 Å². The van der Waals surface area contributed by atoms with Gasteiger partial charge in [0.2, 0.25) is 0 Å². The van der Waals surface area contributed by atoms with Crippen molar-refractivity contribution in [3.63, 3.8) is 0 Å². The van der Waals surface area contributed by atoms with Crippen LogP contribution in [0.5, 0.6) is 11.5 Å². The zero-order valence-corrected chi connectivity index (χ0v) is 18.1. The quantitative estimate of drug-likeness (QED) is 0.527. The minimum atomic E-state index is -0.367. The molecule has 0 atom stereocenters. The van der Waals surface area contributed by atoms with E-state index in [2.05, 4.69) is 5.32 Å². The van der Waals surface area contributed by atoms with Gasteiger partial charge in [-0.3, -0.25) is 14.5 Å². The van der Waals surface area contributed by atoms with E-state index in [1.807, 2.05) is 73.0 Å². The summed E-state index contributed by atoms with van der Waals surface area (Å²) in [6.07, 6.45) is 0. The van der Waals surface area contributed by atoms with Crippen molar-refractivity contribution in [1.82, 2.24) is 4.90 Å². The van der Waals surface area contributed by atoms with Crippen LogP contribution in [0.1, 0.15) is 17.4 Å². The van der Waals surface area contributed by atoms with Gasteiger partial charge in [0.1, 0.15) is 17.2 Å². The summed E-state index contributed by atoms with van der Waals surface area (Å²) in [5.41, 5.74) is 2.11. The van der Waals surface area contributed by atoms with Crippen molar-refractivity contribution in [2.45, 2.75) is 13.5 Å². The fourth-order valence-corrected chi connectivity index (χ4v) is 4.20. The lowest BCUT2D eigenvalue weighted by Gasteiger charge is -2.17. The number of hydrogen-bond acceptors (Lipinski definition) is 6. The molecule has 2 aromatic carbocycles. The molecule has 1 aromatic heterocycles. The summed E-state index contributed by atoms with van der Waals surface area (Å²) in [6, 6.07) is 18.4. The van der Waals surface area contributed by atoms with Crippen molar-refractivity contribution in [2.75, 3.05) is 19.0 Å². The zero-order chi connectivity index (χ0) is 21.8. The third-order valence-electron chi connectivity index (χ3n) is 4.89. The minimum Gasteiger partial charge on any atom is -0.496 e. The highest BCUT2D eigenvalue weighted by atomic mass is 32.1. The van der Waals surface area contributed by atoms with Gasteiger partial charge in [-0.25, -0.2) is 0 Å². The molecule has 6 nitrogen and oxygen atoms in total. The van der Waals surface area contributed by atoms with Gasteiger partial charge in [-0.1, -0.05) is 24.3 Å². The summed E-state index contributed by atoms with van der Waals surface area (Å²) in [7, 11) is 1.57. The summed E-state index contributed by atoms with van der Waals surface area (Å²) in [5, 5.41) is 5.05. The van der Waals surface area contributed by atoms with Gasteiger partial charge < -0.3 is 14.8 Å². The predicted octanol–water partition coefficient (Wildman–Crippen LogP) is 4.55. The van der Waals surface area contributed by atoms with E-state index in [0.717, 1.165) is 16.2 Å². The Balaban J connectivity index is 1.66. The Morgan fingerprint density at radius 3 is 2.42 bits per heavy atom. The summed E-state index contributed by atoms with van der Waals surface area (Å²) in [6.45, 7) is 2.62. The molecule has 1 aliphatic rings. The molecule has 7 heteroatoms. The van der Waals surface area contributed by atoms with E-state index < -0.39 is 0 Å². The van der Waals surface area contributed by atoms with Crippen LogP contribution in [0, 0.1) is 0 Å². The van der Waals surface area contributed by atoms with Crippen LogP contribution < -0.4 is 14.8 Å². The fourth-order valence-electron chi connectivity index (χ4n) is 3.43. The fraction of sp³-hybridized carbons (Fsp3) is 0.167. The molecule has 0 saturated carbocycles. The molecule has 0 unspecified atom stereocenters. The SMILES string of the molecule is CCOc1ccc(NC2=C(c3cccs3)C(=O)N(Cc3ccccc3OC)C2=O)cc1. The molecule has 1 N–H and O–H groups in total. The molecule has 0 radical (unpaired) electrons. The number of carbonyl (C=O) groups is 2. The van der Waals surface area contributed by atoms with Crippen molar-refractivity contribution < 1.29 is 19.1 Å². The number of carbonyl (C=O) groups excluding carboxylic acids is 2. The number of ether oxygens (including phenoxy) is 2. The number of imide groups is 1. The van der Waals surface area contributed by atoms with Crippen molar-refractivity contribution >= 4 is 34.4 Å². The molecular formula is C24H22N2O4S. The lowest BCUT2D eigenvalue weighted by atomic mass is 10.1. The van der Waals surface area contributed by atoms with Gasteiger partial charge in [-0.2, -0.15) is 0 Å². The van der Waals surface area contributed by atoms with Crippen molar-refractivity contribution in [3.05, 3.63) is 82.2 Å². The van der Waals surface area contributed by atoms with E-state index >= 15 is 0 Å². The molecule has 0 bridgehead atoms. The molecule has 0 saturated heterocycles. The second-order valence-corrected chi connectivity index (χ2v) is 7.77. The minimum absolute atomic E-state index is 0.130. The van der Waals surface area contributed by atoms with Gasteiger partial charge in [0.25, 0.3) is 11.8 Å². The first-order chi connectivity index (χ1) is 15.1. The monoisotopic (exact) mass is 434 g/mol. The van der Waals surface area contributed by atoms with Crippen molar-refractivity contribution in [2.24, 2.45) is 0 Å². The highest BCUT2D eigenvalue weighted by Crippen LogP contribution is 2.34. The number of para-hydroxylation sites is 1. The zero-order valence-electron chi connectivity index (χ0n) is 17.3. The van der Waals surface area contributed by atoms with Crippen LogP contribution in [0.15, 0.2) is 71.7 Å². The number of nitrogens with one attached hydrogen (secondary N) is 1. The van der Waals surface area contributed by atoms with Gasteiger partial charge in [0.05, 0.1) is 25.8 Å². The first-order valence-electron chi connectivity index (χ1n) is 9.88. The lowest BCUT2D eigenvalue weighted by molar-refractivity contribution is -0.137. The lowest BCUT2D eigenvalue weighted by Crippen LogP contribution is -2.32. The maximum Gasteiger partial charge on any atom is 0.278 e. The highest BCUT2D eigenvalue weighted by molar-refractivity contribution is 7.11. The van der Waals surface area contributed by atoms with Gasteiger partial charge in [-0.15, -0.1) is 11.3 Å². The molecule has 0 spiro atoms. The van der Waals surface area contributed by atoms with E-state index in [1.165, 1.54) is 16.2 Å². The average molecular weight is 435 g/mol. The van der Waals surface area contributed by atoms with Crippen LogP contribution in [0.2, 0.25) is 0 Å². The molecule has 1 aliphatic heterocycles. The van der Waals surface area contributed by atoms with Gasteiger partial charge >= 0.3 is 0 Å². The summed E-state index contributed by atoms with van der Waals surface area (Å²) >= 11 is 1.42. The maximum absolute atomic E-state index is 13.3. The molecule has 0 aliphatic carbocycles. The van der Waals surface area contributed by atoms with Crippen LogP contribution in [-0.4, -0.2) is 30.4 Å². The van der Waals surface area contributed by atoms with Crippen LogP contribution >= 0.6 is 11.3 Å². The van der Waals surface area contributed by atoms with Crippen LogP contribution in [0.4, 0.5) is 5.69 Å². The Morgan fingerprint density at radius 1 is 0.968 bits per heavy atom. The normalized spacial score (nSPS) is 13.7. The number of anilines is 1. The largest absolute Gasteiger partial charge is 0.496 e. The number of hydrogen-bond donors (Lipinski definition) is 1. The van der Waals surface area contributed by atoms with Crippen LogP contribution in [0.3, 0.4) is 0 Å². The summed E-state index contributed by atoms with van der Waals surface area (Å²) in [5.74, 6) is 0.681. The van der Waals surface area contributed by atoms with E-state index in [-0.39, 0.29) is 24.1 Å². The second kappa shape index (κ2) is 9.06. The van der Waals surface area contributed by atoms with E-state index in [0.29, 0.717) is 23.6 Å². The Kier molecular flexibility index (Phi) is 6.04. The number of nitrogens with zero attached hydrogens (tertiary/aromatic N) is 1. The predicted molar refractivity (Wildman–Crippen MR) is 121 cm³/mol. The second-order valence-electron chi connectivity index (χ2n) is 6.82. The summed E-state index contributed by atoms with van der Waals surface area (Å²) in [4.78, 5) is 28.6. The van der Waals surface area contributed by atoms with Crippen LogP contribution in [-0.2, 0) is 16.1 Å². The number of amides is 2. The Labute approximate surface area is 184 Å². The average Bonchev–Trinajstić information content (AvgIpc) is 3.39. The molecule has 31 heavy (non-hydrogen) atoms. The molecule has 3 aromatic rings. The molecule has 2 amide bonds. The molecule has 0 fully saturated rings. The molecule has 2 heterocycles. The number of benzene rings is 2. The van der Waals surface area contributed by atoms with E-state index in [4.69, 9.17) is 9.47 Å². The molecule has 158 valence electrons. The number of methoxy groups -OCH3 is 1. The topological polar surface area (TPSA) is 67.9 Å². The first-order valence-corrected chi connectivity index (χ1v) is 10.8. The first kappa shape index (κ1) is 20.7. The van der Waals surface area contributed by atoms with Crippen molar-refractivity contribution in [3.8, 4) is 11.5 Å². The third-order valence-corrected chi connectivity index (χ3v) is 5.78. The van der Waals surface area contributed by atoms with Crippen LogP contribution in [0.25, 0.3) is 5.57 Å². The molecular weight excluding hydrogens is 412 g/mol. The van der Waals surface area contributed by atoms with Gasteiger partial charge in [0, 0.05) is 16.1 Å².